The minimum Gasteiger partial charge on any atom is -0.481 e. The number of carboxylic acid groups (broad SMARTS) is 1. The van der Waals surface area contributed by atoms with Gasteiger partial charge in [0.2, 0.25) is 0 Å². The first-order valence-electron chi connectivity index (χ1n) is 7.33. The molecule has 0 aliphatic carbocycles. The average molecular weight is 336 g/mol. The maximum absolute atomic E-state index is 12.1. The average Bonchev–Trinajstić information content (AvgIpc) is 3.01. The van der Waals surface area contributed by atoms with Crippen LogP contribution in [0.1, 0.15) is 30.1 Å². The van der Waals surface area contributed by atoms with E-state index in [0.29, 0.717) is 17.0 Å². The number of nitrogens with zero attached hydrogens (tertiary/aromatic N) is 2. The van der Waals surface area contributed by atoms with Crippen LogP contribution in [-0.2, 0) is 4.79 Å². The van der Waals surface area contributed by atoms with Crippen LogP contribution in [0.3, 0.4) is 0 Å². The predicted octanol–water partition coefficient (Wildman–Crippen LogP) is 2.76. The van der Waals surface area contributed by atoms with Crippen LogP contribution in [-0.4, -0.2) is 33.3 Å². The van der Waals surface area contributed by atoms with Crippen molar-refractivity contribution in [3.63, 3.8) is 0 Å². The van der Waals surface area contributed by atoms with Gasteiger partial charge in [-0.05, 0) is 24.6 Å². The molecule has 0 bridgehead atoms. The SMILES string of the molecule is CCCC(CNC(=O)c1cnn(-c2cccc(Cl)c2)c1)C(=O)O. The van der Waals surface area contributed by atoms with Crippen molar-refractivity contribution in [3.8, 4) is 5.69 Å². The Bertz CT molecular complexity index is 699. The fourth-order valence-electron chi connectivity index (χ4n) is 2.18. The Hall–Kier alpha value is -2.34. The first kappa shape index (κ1) is 17.0. The molecule has 2 aromatic rings. The van der Waals surface area contributed by atoms with Gasteiger partial charge < -0.3 is 10.4 Å². The van der Waals surface area contributed by atoms with Gasteiger partial charge in [-0.15, -0.1) is 0 Å². The molecule has 2 N–H and O–H groups in total. The molecule has 1 aromatic carbocycles. The molecule has 0 spiro atoms. The minimum atomic E-state index is -0.901. The quantitative estimate of drug-likeness (QED) is 0.814. The Morgan fingerprint density at radius 1 is 1.43 bits per heavy atom. The second-order valence-electron chi connectivity index (χ2n) is 5.19. The van der Waals surface area contributed by atoms with Gasteiger partial charge in [0.15, 0.2) is 0 Å². The van der Waals surface area contributed by atoms with Gasteiger partial charge in [0.05, 0.1) is 23.4 Å². The number of aliphatic carboxylic acids is 1. The Balaban J connectivity index is 2.02. The zero-order valence-electron chi connectivity index (χ0n) is 12.7. The fourth-order valence-corrected chi connectivity index (χ4v) is 2.36. The Morgan fingerprint density at radius 2 is 2.22 bits per heavy atom. The van der Waals surface area contributed by atoms with Gasteiger partial charge in [0, 0.05) is 17.8 Å². The van der Waals surface area contributed by atoms with Crippen LogP contribution in [0, 0.1) is 5.92 Å². The summed E-state index contributed by atoms with van der Waals surface area (Å²) >= 11 is 5.93. The summed E-state index contributed by atoms with van der Waals surface area (Å²) in [5.74, 6) is -1.82. The van der Waals surface area contributed by atoms with Crippen molar-refractivity contribution >= 4 is 23.5 Å². The van der Waals surface area contributed by atoms with Crippen LogP contribution in [0.5, 0.6) is 0 Å². The topological polar surface area (TPSA) is 84.2 Å². The molecule has 1 amide bonds. The number of amides is 1. The third-order valence-corrected chi connectivity index (χ3v) is 3.65. The van der Waals surface area contributed by atoms with Gasteiger partial charge in [0.1, 0.15) is 0 Å². The van der Waals surface area contributed by atoms with Crippen molar-refractivity contribution in [2.75, 3.05) is 6.54 Å². The summed E-state index contributed by atoms with van der Waals surface area (Å²) in [4.78, 5) is 23.2. The maximum Gasteiger partial charge on any atom is 0.308 e. The third kappa shape index (κ3) is 4.56. The zero-order chi connectivity index (χ0) is 16.8. The van der Waals surface area contributed by atoms with Crippen molar-refractivity contribution in [1.82, 2.24) is 15.1 Å². The lowest BCUT2D eigenvalue weighted by Gasteiger charge is -2.11. The molecular formula is C16H18ClN3O3. The van der Waals surface area contributed by atoms with Crippen molar-refractivity contribution in [2.45, 2.75) is 19.8 Å². The number of nitrogens with one attached hydrogen (secondary N) is 1. The molecule has 0 aliphatic rings. The summed E-state index contributed by atoms with van der Waals surface area (Å²) in [5, 5.41) is 16.4. The Labute approximate surface area is 139 Å². The number of aromatic nitrogens is 2. The molecule has 0 saturated heterocycles. The molecule has 7 heteroatoms. The number of halogens is 1. The largest absolute Gasteiger partial charge is 0.481 e. The van der Waals surface area contributed by atoms with Gasteiger partial charge in [-0.3, -0.25) is 9.59 Å². The van der Waals surface area contributed by atoms with Crippen LogP contribution in [0.15, 0.2) is 36.7 Å². The highest BCUT2D eigenvalue weighted by atomic mass is 35.5. The van der Waals surface area contributed by atoms with E-state index >= 15 is 0 Å². The van der Waals surface area contributed by atoms with Crippen LogP contribution in [0.2, 0.25) is 5.02 Å². The number of hydrogen-bond donors (Lipinski definition) is 2. The third-order valence-electron chi connectivity index (χ3n) is 3.41. The smallest absolute Gasteiger partial charge is 0.308 e. The first-order valence-corrected chi connectivity index (χ1v) is 7.70. The summed E-state index contributed by atoms with van der Waals surface area (Å²) in [6.45, 7) is 2.01. The lowest BCUT2D eigenvalue weighted by molar-refractivity contribution is -0.141. The highest BCUT2D eigenvalue weighted by Gasteiger charge is 2.18. The van der Waals surface area contributed by atoms with E-state index in [1.807, 2.05) is 13.0 Å². The minimum absolute atomic E-state index is 0.102. The van der Waals surface area contributed by atoms with E-state index in [1.165, 1.54) is 6.20 Å². The number of carbonyl (C=O) groups is 2. The number of benzene rings is 1. The molecule has 122 valence electrons. The van der Waals surface area contributed by atoms with Crippen molar-refractivity contribution < 1.29 is 14.7 Å². The Morgan fingerprint density at radius 3 is 2.87 bits per heavy atom. The van der Waals surface area contributed by atoms with E-state index in [2.05, 4.69) is 10.4 Å². The van der Waals surface area contributed by atoms with Crippen LogP contribution in [0.4, 0.5) is 0 Å². The van der Waals surface area contributed by atoms with Gasteiger partial charge >= 0.3 is 5.97 Å². The van der Waals surface area contributed by atoms with Gasteiger partial charge in [-0.1, -0.05) is 31.0 Å². The van der Waals surface area contributed by atoms with Gasteiger partial charge in [-0.25, -0.2) is 4.68 Å². The summed E-state index contributed by atoms with van der Waals surface area (Å²) in [7, 11) is 0. The van der Waals surface area contributed by atoms with Gasteiger partial charge in [-0.2, -0.15) is 5.10 Å². The zero-order valence-corrected chi connectivity index (χ0v) is 13.5. The number of carbonyl (C=O) groups excluding carboxylic acids is 1. The van der Waals surface area contributed by atoms with E-state index < -0.39 is 11.9 Å². The lowest BCUT2D eigenvalue weighted by Crippen LogP contribution is -2.32. The number of carboxylic acids is 1. The molecule has 1 atom stereocenters. The number of hydrogen-bond acceptors (Lipinski definition) is 3. The van der Waals surface area contributed by atoms with Gasteiger partial charge in [0.25, 0.3) is 5.91 Å². The monoisotopic (exact) mass is 335 g/mol. The van der Waals surface area contributed by atoms with E-state index in [4.69, 9.17) is 16.7 Å². The molecule has 1 unspecified atom stereocenters. The van der Waals surface area contributed by atoms with Crippen molar-refractivity contribution in [2.24, 2.45) is 5.92 Å². The van der Waals surface area contributed by atoms with E-state index in [1.54, 1.807) is 29.1 Å². The van der Waals surface area contributed by atoms with Crippen LogP contribution >= 0.6 is 11.6 Å². The summed E-state index contributed by atoms with van der Waals surface area (Å²) in [6.07, 6.45) is 4.29. The first-order chi connectivity index (χ1) is 11.0. The molecule has 0 fully saturated rings. The maximum atomic E-state index is 12.1. The summed E-state index contributed by atoms with van der Waals surface area (Å²) < 4.78 is 1.54. The normalized spacial score (nSPS) is 11.9. The molecule has 23 heavy (non-hydrogen) atoms. The molecule has 0 aliphatic heterocycles. The molecule has 1 aromatic heterocycles. The highest BCUT2D eigenvalue weighted by molar-refractivity contribution is 6.30. The van der Waals surface area contributed by atoms with E-state index in [-0.39, 0.29) is 12.5 Å². The Kier molecular flexibility index (Phi) is 5.76. The van der Waals surface area contributed by atoms with Crippen molar-refractivity contribution in [3.05, 3.63) is 47.2 Å². The standard InChI is InChI=1S/C16H18ClN3O3/c1-2-4-11(16(22)23)8-18-15(21)12-9-19-20(10-12)14-6-3-5-13(17)7-14/h3,5-7,9-11H,2,4,8H2,1H3,(H,18,21)(H,22,23). The summed E-state index contributed by atoms with van der Waals surface area (Å²) in [5.41, 5.74) is 1.11. The molecule has 2 rings (SSSR count). The van der Waals surface area contributed by atoms with Crippen LogP contribution < -0.4 is 5.32 Å². The predicted molar refractivity (Wildman–Crippen MR) is 86.9 cm³/mol. The lowest BCUT2D eigenvalue weighted by atomic mass is 10.0. The second kappa shape index (κ2) is 7.78. The molecule has 1 heterocycles. The van der Waals surface area contributed by atoms with Crippen LogP contribution in [0.25, 0.3) is 5.69 Å². The molecule has 0 radical (unpaired) electrons. The highest BCUT2D eigenvalue weighted by Crippen LogP contribution is 2.14. The molecule has 6 nitrogen and oxygen atoms in total. The molecule has 0 saturated carbocycles. The second-order valence-corrected chi connectivity index (χ2v) is 5.62. The van der Waals surface area contributed by atoms with Crippen molar-refractivity contribution in [1.29, 1.82) is 0 Å². The molecular weight excluding hydrogens is 318 g/mol. The number of rotatable bonds is 7. The van der Waals surface area contributed by atoms with E-state index in [9.17, 15) is 9.59 Å². The summed E-state index contributed by atoms with van der Waals surface area (Å²) in [6, 6.07) is 7.10. The van der Waals surface area contributed by atoms with E-state index in [0.717, 1.165) is 12.1 Å². The fraction of sp³-hybridized carbons (Fsp3) is 0.312.